The van der Waals surface area contributed by atoms with Crippen molar-refractivity contribution in [2.45, 2.75) is 30.6 Å². The van der Waals surface area contributed by atoms with Crippen LogP contribution in [0.1, 0.15) is 29.2 Å². The molecule has 0 saturated heterocycles. The molecule has 1 heterocycles. The van der Waals surface area contributed by atoms with Crippen molar-refractivity contribution in [3.63, 3.8) is 0 Å². The molecule has 1 atom stereocenters. The summed E-state index contributed by atoms with van der Waals surface area (Å²) in [5, 5.41) is 11.2. The number of sulfonamides is 1. The Labute approximate surface area is 147 Å². The van der Waals surface area contributed by atoms with Gasteiger partial charge in [-0.15, -0.1) is 11.3 Å². The molecule has 0 saturated carbocycles. The minimum absolute atomic E-state index is 0.0902. The van der Waals surface area contributed by atoms with Crippen LogP contribution in [0.15, 0.2) is 40.6 Å². The van der Waals surface area contributed by atoms with Crippen LogP contribution in [-0.2, 0) is 10.0 Å². The molecule has 0 aliphatic carbocycles. The molecule has 2 rings (SSSR count). The van der Waals surface area contributed by atoms with Crippen molar-refractivity contribution in [2.24, 2.45) is 0 Å². The van der Waals surface area contributed by atoms with Crippen molar-refractivity contribution in [3.05, 3.63) is 46.2 Å². The summed E-state index contributed by atoms with van der Waals surface area (Å²) in [6.07, 6.45) is 1.28. The summed E-state index contributed by atoms with van der Waals surface area (Å²) >= 11 is 1.63. The highest BCUT2D eigenvalue weighted by Crippen LogP contribution is 2.27. The van der Waals surface area contributed by atoms with E-state index in [1.807, 2.05) is 17.5 Å². The summed E-state index contributed by atoms with van der Waals surface area (Å²) in [6, 6.07) is 8.89. The predicted octanol–water partition coefficient (Wildman–Crippen LogP) is 2.90. The zero-order chi connectivity index (χ0) is 17.6. The topological polar surface area (TPSA) is 75.6 Å². The Morgan fingerprint density at radius 1 is 1.29 bits per heavy atom. The highest BCUT2D eigenvalue weighted by molar-refractivity contribution is 7.89. The van der Waals surface area contributed by atoms with E-state index >= 15 is 0 Å². The van der Waals surface area contributed by atoms with Gasteiger partial charge in [-0.05, 0) is 60.9 Å². The summed E-state index contributed by atoms with van der Waals surface area (Å²) in [5.41, 5.74) is 0.645. The zero-order valence-corrected chi connectivity index (χ0v) is 15.5. The van der Waals surface area contributed by atoms with E-state index in [0.717, 1.165) is 0 Å². The Morgan fingerprint density at radius 3 is 2.67 bits per heavy atom. The fourth-order valence-corrected chi connectivity index (χ4v) is 4.78. The number of rotatable bonds is 9. The highest BCUT2D eigenvalue weighted by atomic mass is 32.2. The van der Waals surface area contributed by atoms with E-state index in [1.165, 1.54) is 4.88 Å². The van der Waals surface area contributed by atoms with Crippen molar-refractivity contribution in [2.75, 3.05) is 20.3 Å². The molecule has 5 nitrogen and oxygen atoms in total. The number of hydrogen-bond donors (Lipinski definition) is 2. The van der Waals surface area contributed by atoms with E-state index in [4.69, 9.17) is 4.74 Å². The molecule has 132 valence electrons. The highest BCUT2D eigenvalue weighted by Gasteiger charge is 2.18. The Bertz CT molecular complexity index is 742. The van der Waals surface area contributed by atoms with E-state index < -0.39 is 10.0 Å². The van der Waals surface area contributed by atoms with Gasteiger partial charge < -0.3 is 9.84 Å². The maximum absolute atomic E-state index is 12.5. The molecule has 1 aromatic carbocycles. The number of ether oxygens (including phenoxy) is 1. The standard InChI is InChI=1S/C17H23NO4S2/c1-13-12-15(22-2)5-6-17(13)24(20,21)18-9-7-14(8-10-19)16-4-3-11-23-16/h3-6,11-12,14,18-19H,7-10H2,1-2H3. The average Bonchev–Trinajstić information content (AvgIpc) is 3.07. The van der Waals surface area contributed by atoms with Crippen molar-refractivity contribution < 1.29 is 18.3 Å². The van der Waals surface area contributed by atoms with Gasteiger partial charge >= 0.3 is 0 Å². The Balaban J connectivity index is 2.02. The molecule has 2 N–H and O–H groups in total. The molecule has 2 aromatic rings. The lowest BCUT2D eigenvalue weighted by Crippen LogP contribution is -2.26. The van der Waals surface area contributed by atoms with E-state index in [1.54, 1.807) is 43.6 Å². The first-order valence-corrected chi connectivity index (χ1v) is 10.1. The normalized spacial score (nSPS) is 13.0. The Morgan fingerprint density at radius 2 is 2.08 bits per heavy atom. The molecule has 0 spiro atoms. The van der Waals surface area contributed by atoms with Crippen molar-refractivity contribution in [1.29, 1.82) is 0 Å². The molecule has 0 amide bonds. The van der Waals surface area contributed by atoms with Gasteiger partial charge in [0.15, 0.2) is 0 Å². The maximum Gasteiger partial charge on any atom is 0.240 e. The molecule has 1 aromatic heterocycles. The second-order valence-corrected chi connectivity index (χ2v) is 8.26. The average molecular weight is 370 g/mol. The fraction of sp³-hybridized carbons (Fsp3) is 0.412. The van der Waals surface area contributed by atoms with E-state index in [-0.39, 0.29) is 17.4 Å². The minimum atomic E-state index is -3.56. The van der Waals surface area contributed by atoms with Gasteiger partial charge in [-0.2, -0.15) is 0 Å². The molecule has 0 aliphatic rings. The van der Waals surface area contributed by atoms with Crippen LogP contribution in [0.5, 0.6) is 5.75 Å². The molecule has 0 radical (unpaired) electrons. The minimum Gasteiger partial charge on any atom is -0.497 e. The van der Waals surface area contributed by atoms with Crippen LogP contribution in [0.2, 0.25) is 0 Å². The van der Waals surface area contributed by atoms with Gasteiger partial charge in [0.1, 0.15) is 5.75 Å². The summed E-state index contributed by atoms with van der Waals surface area (Å²) in [6.45, 7) is 2.17. The van der Waals surface area contributed by atoms with E-state index in [2.05, 4.69) is 4.72 Å². The Hall–Kier alpha value is -1.41. The van der Waals surface area contributed by atoms with E-state index in [9.17, 15) is 13.5 Å². The fourth-order valence-electron chi connectivity index (χ4n) is 2.60. The van der Waals surface area contributed by atoms with E-state index in [0.29, 0.717) is 30.7 Å². The SMILES string of the molecule is COc1ccc(S(=O)(=O)NCCC(CCO)c2cccs2)c(C)c1. The van der Waals surface area contributed by atoms with Gasteiger partial charge in [0, 0.05) is 18.0 Å². The first kappa shape index (κ1) is 18.9. The number of nitrogens with one attached hydrogen (secondary N) is 1. The summed E-state index contributed by atoms with van der Waals surface area (Å²) in [7, 11) is -2.01. The van der Waals surface area contributed by atoms with Crippen LogP contribution in [-0.4, -0.2) is 33.8 Å². The van der Waals surface area contributed by atoms with Crippen molar-refractivity contribution >= 4 is 21.4 Å². The molecule has 24 heavy (non-hydrogen) atoms. The molecular formula is C17H23NO4S2. The summed E-state index contributed by atoms with van der Waals surface area (Å²) in [5.74, 6) is 0.793. The molecule has 7 heteroatoms. The molecule has 0 bridgehead atoms. The smallest absolute Gasteiger partial charge is 0.240 e. The number of aryl methyl sites for hydroxylation is 1. The molecule has 1 unspecified atom stereocenters. The lowest BCUT2D eigenvalue weighted by Gasteiger charge is -2.15. The Kier molecular flexibility index (Phi) is 6.79. The van der Waals surface area contributed by atoms with Gasteiger partial charge in [-0.25, -0.2) is 13.1 Å². The van der Waals surface area contributed by atoms with Gasteiger partial charge in [0.25, 0.3) is 0 Å². The largest absolute Gasteiger partial charge is 0.497 e. The van der Waals surface area contributed by atoms with Crippen molar-refractivity contribution in [3.8, 4) is 5.75 Å². The molecule has 0 fully saturated rings. The van der Waals surface area contributed by atoms with Crippen LogP contribution in [0, 0.1) is 6.92 Å². The van der Waals surface area contributed by atoms with Crippen molar-refractivity contribution in [1.82, 2.24) is 4.72 Å². The quantitative estimate of drug-likeness (QED) is 0.713. The van der Waals surface area contributed by atoms with Gasteiger partial charge in [-0.3, -0.25) is 0 Å². The van der Waals surface area contributed by atoms with Crippen LogP contribution >= 0.6 is 11.3 Å². The third kappa shape index (κ3) is 4.80. The first-order valence-electron chi connectivity index (χ1n) is 7.76. The number of thiophene rings is 1. The van der Waals surface area contributed by atoms with Gasteiger partial charge in [0.2, 0.25) is 10.0 Å². The van der Waals surface area contributed by atoms with Crippen LogP contribution < -0.4 is 9.46 Å². The lowest BCUT2D eigenvalue weighted by molar-refractivity contribution is 0.273. The predicted molar refractivity (Wildman–Crippen MR) is 96.3 cm³/mol. The van der Waals surface area contributed by atoms with Crippen LogP contribution in [0.3, 0.4) is 0 Å². The zero-order valence-electron chi connectivity index (χ0n) is 13.9. The number of methoxy groups -OCH3 is 1. The van der Waals surface area contributed by atoms with Crippen LogP contribution in [0.25, 0.3) is 0 Å². The number of benzene rings is 1. The van der Waals surface area contributed by atoms with Gasteiger partial charge in [0.05, 0.1) is 12.0 Å². The lowest BCUT2D eigenvalue weighted by atomic mass is 10.0. The number of hydrogen-bond acceptors (Lipinski definition) is 5. The second kappa shape index (κ2) is 8.62. The number of aliphatic hydroxyl groups is 1. The van der Waals surface area contributed by atoms with Gasteiger partial charge in [-0.1, -0.05) is 6.07 Å². The summed E-state index contributed by atoms with van der Waals surface area (Å²) < 4.78 is 32.7. The maximum atomic E-state index is 12.5. The summed E-state index contributed by atoms with van der Waals surface area (Å²) in [4.78, 5) is 1.43. The first-order chi connectivity index (χ1) is 11.5. The third-order valence-corrected chi connectivity index (χ3v) is 6.54. The molecule has 0 aliphatic heterocycles. The monoisotopic (exact) mass is 369 g/mol. The third-order valence-electron chi connectivity index (χ3n) is 3.88. The van der Waals surface area contributed by atoms with Crippen LogP contribution in [0.4, 0.5) is 0 Å². The second-order valence-electron chi connectivity index (χ2n) is 5.54. The number of aliphatic hydroxyl groups excluding tert-OH is 1. The molecular weight excluding hydrogens is 346 g/mol.